The van der Waals surface area contributed by atoms with Gasteiger partial charge in [-0.3, -0.25) is 0 Å². The normalized spacial score (nSPS) is 22.2. The largest absolute Gasteiger partial charge is 0.491 e. The van der Waals surface area contributed by atoms with Crippen LogP contribution in [0.2, 0.25) is 0 Å². The van der Waals surface area contributed by atoms with E-state index < -0.39 is 0 Å². The molecule has 0 aromatic carbocycles. The highest BCUT2D eigenvalue weighted by Gasteiger charge is 2.15. The Morgan fingerprint density at radius 3 is 2.83 bits per heavy atom. The van der Waals surface area contributed by atoms with Crippen molar-refractivity contribution < 1.29 is 9.47 Å². The molecule has 12 heavy (non-hydrogen) atoms. The van der Waals surface area contributed by atoms with Crippen LogP contribution in [0, 0.1) is 0 Å². The first-order valence-corrected chi connectivity index (χ1v) is 4.29. The van der Waals surface area contributed by atoms with Crippen molar-refractivity contribution in [2.24, 2.45) is 0 Å². The van der Waals surface area contributed by atoms with Gasteiger partial charge in [0.1, 0.15) is 12.4 Å². The Kier molecular flexibility index (Phi) is 3.35. The van der Waals surface area contributed by atoms with Gasteiger partial charge in [0.05, 0.1) is 6.10 Å². The summed E-state index contributed by atoms with van der Waals surface area (Å²) in [5.41, 5.74) is 0.882. The third-order valence-corrected chi connectivity index (χ3v) is 1.94. The lowest BCUT2D eigenvalue weighted by molar-refractivity contribution is 0.0454. The topological polar surface area (TPSA) is 18.5 Å². The maximum absolute atomic E-state index is 5.39. The molecule has 0 bridgehead atoms. The molecule has 1 aliphatic rings. The van der Waals surface area contributed by atoms with Gasteiger partial charge in [0.2, 0.25) is 0 Å². The molecule has 0 aromatic heterocycles. The van der Waals surface area contributed by atoms with Crippen LogP contribution in [0.4, 0.5) is 0 Å². The molecule has 0 radical (unpaired) electrons. The summed E-state index contributed by atoms with van der Waals surface area (Å²) >= 11 is 0. The lowest BCUT2D eigenvalue weighted by Crippen LogP contribution is -2.13. The Morgan fingerprint density at radius 2 is 2.33 bits per heavy atom. The maximum Gasteiger partial charge on any atom is 0.114 e. The summed E-state index contributed by atoms with van der Waals surface area (Å²) in [5, 5.41) is 0. The second-order valence-electron chi connectivity index (χ2n) is 3.15. The van der Waals surface area contributed by atoms with E-state index in [9.17, 15) is 0 Å². The third kappa shape index (κ3) is 2.70. The van der Waals surface area contributed by atoms with Gasteiger partial charge in [-0.1, -0.05) is 13.2 Å². The van der Waals surface area contributed by atoms with Crippen molar-refractivity contribution in [3.05, 3.63) is 24.5 Å². The van der Waals surface area contributed by atoms with Crippen LogP contribution in [0.3, 0.4) is 0 Å². The van der Waals surface area contributed by atoms with Crippen LogP contribution in [0.1, 0.15) is 19.8 Å². The molecule has 0 N–H and O–H groups in total. The lowest BCUT2D eigenvalue weighted by Gasteiger charge is -2.12. The second-order valence-corrected chi connectivity index (χ2v) is 3.15. The first kappa shape index (κ1) is 9.33. The van der Waals surface area contributed by atoms with Crippen molar-refractivity contribution >= 4 is 0 Å². The van der Waals surface area contributed by atoms with Crippen LogP contribution in [-0.4, -0.2) is 19.3 Å². The fraction of sp³-hybridized carbons (Fsp3) is 0.600. The Morgan fingerprint density at radius 1 is 1.58 bits per heavy atom. The fourth-order valence-corrected chi connectivity index (χ4v) is 1.09. The van der Waals surface area contributed by atoms with E-state index in [1.54, 1.807) is 0 Å². The summed E-state index contributed by atoms with van der Waals surface area (Å²) in [7, 11) is 0. The van der Waals surface area contributed by atoms with Gasteiger partial charge in [-0.05, 0) is 25.3 Å². The van der Waals surface area contributed by atoms with Crippen molar-refractivity contribution in [1.29, 1.82) is 0 Å². The molecule has 0 saturated carbocycles. The van der Waals surface area contributed by atoms with Gasteiger partial charge in [0.25, 0.3) is 0 Å². The molecule has 68 valence electrons. The van der Waals surface area contributed by atoms with E-state index in [0.717, 1.165) is 25.0 Å². The highest BCUT2D eigenvalue weighted by molar-refractivity contribution is 5.15. The minimum Gasteiger partial charge on any atom is -0.491 e. The highest BCUT2D eigenvalue weighted by Crippen LogP contribution is 2.14. The summed E-state index contributed by atoms with van der Waals surface area (Å²) in [6.45, 7) is 10.8. The molecule has 0 spiro atoms. The van der Waals surface area contributed by atoms with Crippen molar-refractivity contribution in [3.63, 3.8) is 0 Å². The number of rotatable bonds is 4. The Labute approximate surface area is 73.9 Å². The molecular formula is C10H16O2. The van der Waals surface area contributed by atoms with Crippen molar-refractivity contribution in [2.75, 3.05) is 13.2 Å². The molecule has 1 atom stereocenters. The highest BCUT2D eigenvalue weighted by atomic mass is 16.5. The minimum atomic E-state index is 0.265. The van der Waals surface area contributed by atoms with Gasteiger partial charge in [-0.2, -0.15) is 0 Å². The molecule has 0 amide bonds. The third-order valence-electron chi connectivity index (χ3n) is 1.94. The van der Waals surface area contributed by atoms with Crippen molar-refractivity contribution in [1.82, 2.24) is 0 Å². The van der Waals surface area contributed by atoms with Crippen LogP contribution < -0.4 is 0 Å². The van der Waals surface area contributed by atoms with Gasteiger partial charge in [0, 0.05) is 6.61 Å². The van der Waals surface area contributed by atoms with E-state index in [1.165, 1.54) is 0 Å². The van der Waals surface area contributed by atoms with Crippen LogP contribution in [0.5, 0.6) is 0 Å². The molecular weight excluding hydrogens is 152 g/mol. The monoisotopic (exact) mass is 168 g/mol. The summed E-state index contributed by atoms with van der Waals surface area (Å²) in [6.07, 6.45) is 2.51. The van der Waals surface area contributed by atoms with Gasteiger partial charge in [-0.15, -0.1) is 0 Å². The van der Waals surface area contributed by atoms with Crippen molar-refractivity contribution in [2.45, 2.75) is 25.9 Å². The van der Waals surface area contributed by atoms with Crippen molar-refractivity contribution in [3.8, 4) is 0 Å². The fourth-order valence-electron chi connectivity index (χ4n) is 1.09. The van der Waals surface area contributed by atoms with E-state index in [4.69, 9.17) is 9.47 Å². The summed E-state index contributed by atoms with van der Waals surface area (Å²) in [4.78, 5) is 0. The average Bonchev–Trinajstić information content (AvgIpc) is 2.51. The molecule has 2 nitrogen and oxygen atoms in total. The smallest absolute Gasteiger partial charge is 0.114 e. The predicted molar refractivity (Wildman–Crippen MR) is 48.9 cm³/mol. The second kappa shape index (κ2) is 4.31. The van der Waals surface area contributed by atoms with Crippen LogP contribution >= 0.6 is 0 Å². The molecule has 1 unspecified atom stereocenters. The minimum absolute atomic E-state index is 0.265. The number of hydrogen-bond donors (Lipinski definition) is 0. The Balaban J connectivity index is 2.16. The SMILES string of the molecule is C=C(C)C(=C)OCC1CCCO1. The molecule has 1 fully saturated rings. The lowest BCUT2D eigenvalue weighted by atomic mass is 10.2. The van der Waals surface area contributed by atoms with E-state index >= 15 is 0 Å². The zero-order chi connectivity index (χ0) is 8.97. The van der Waals surface area contributed by atoms with Gasteiger partial charge in [-0.25, -0.2) is 0 Å². The first-order chi connectivity index (χ1) is 5.70. The van der Waals surface area contributed by atoms with E-state index in [-0.39, 0.29) is 6.10 Å². The predicted octanol–water partition coefficient (Wildman–Crippen LogP) is 2.27. The summed E-state index contributed by atoms with van der Waals surface area (Å²) < 4.78 is 10.8. The van der Waals surface area contributed by atoms with E-state index in [1.807, 2.05) is 6.92 Å². The van der Waals surface area contributed by atoms with Crippen LogP contribution in [0.25, 0.3) is 0 Å². The number of hydrogen-bond acceptors (Lipinski definition) is 2. The zero-order valence-corrected chi connectivity index (χ0v) is 7.64. The average molecular weight is 168 g/mol. The summed E-state index contributed by atoms with van der Waals surface area (Å²) in [6, 6.07) is 0. The molecule has 1 rings (SSSR count). The standard InChI is InChI=1S/C10H16O2/c1-8(2)9(3)12-7-10-5-4-6-11-10/h10H,1,3-7H2,2H3. The Hall–Kier alpha value is -0.760. The van der Waals surface area contributed by atoms with Crippen LogP contribution in [-0.2, 0) is 9.47 Å². The first-order valence-electron chi connectivity index (χ1n) is 4.29. The van der Waals surface area contributed by atoms with E-state index in [0.29, 0.717) is 12.4 Å². The molecule has 1 saturated heterocycles. The zero-order valence-electron chi connectivity index (χ0n) is 7.64. The van der Waals surface area contributed by atoms with Gasteiger partial charge >= 0.3 is 0 Å². The molecule has 0 aromatic rings. The van der Waals surface area contributed by atoms with Gasteiger partial charge < -0.3 is 9.47 Å². The van der Waals surface area contributed by atoms with Crippen LogP contribution in [0.15, 0.2) is 24.5 Å². The molecule has 2 heteroatoms. The maximum atomic E-state index is 5.39. The quantitative estimate of drug-likeness (QED) is 0.473. The molecule has 0 aliphatic carbocycles. The molecule has 1 aliphatic heterocycles. The Bertz CT molecular complexity index is 178. The number of ether oxygens (including phenoxy) is 2. The van der Waals surface area contributed by atoms with Gasteiger partial charge in [0.15, 0.2) is 0 Å². The number of allylic oxidation sites excluding steroid dienone is 1. The van der Waals surface area contributed by atoms with E-state index in [2.05, 4.69) is 13.2 Å². The molecule has 1 heterocycles. The summed E-state index contributed by atoms with van der Waals surface area (Å²) in [5.74, 6) is 0.672.